The number of anilines is 1. The molecule has 0 saturated carbocycles. The summed E-state index contributed by atoms with van der Waals surface area (Å²) in [6.07, 6.45) is 1.67. The molecule has 0 radical (unpaired) electrons. The number of hydrogen-bond donors (Lipinski definition) is 1. The van der Waals surface area contributed by atoms with E-state index in [1.54, 1.807) is 11.9 Å². The first-order valence-electron chi connectivity index (χ1n) is 11.3. The fourth-order valence-corrected chi connectivity index (χ4v) is 4.57. The number of hydrogen-bond acceptors (Lipinski definition) is 3. The maximum absolute atomic E-state index is 13.2. The van der Waals surface area contributed by atoms with Crippen LogP contribution in [0.1, 0.15) is 45.3 Å². The van der Waals surface area contributed by atoms with Crippen LogP contribution in [0.15, 0.2) is 78.9 Å². The average molecular weight is 439 g/mol. The molecular formula is C27H26N4O2. The van der Waals surface area contributed by atoms with Crippen molar-refractivity contribution in [3.8, 4) is 0 Å². The number of likely N-dealkylation sites (tertiary alicyclic amines) is 1. The predicted molar refractivity (Wildman–Crippen MR) is 130 cm³/mol. The Labute approximate surface area is 192 Å². The largest absolute Gasteiger partial charge is 0.339 e. The Bertz CT molecular complexity index is 1280. The van der Waals surface area contributed by atoms with Crippen LogP contribution in [0.3, 0.4) is 0 Å². The predicted octanol–water partition coefficient (Wildman–Crippen LogP) is 4.86. The molecular weight excluding hydrogens is 412 g/mol. The van der Waals surface area contributed by atoms with Gasteiger partial charge in [0.1, 0.15) is 0 Å². The van der Waals surface area contributed by atoms with E-state index in [4.69, 9.17) is 0 Å². The minimum atomic E-state index is -0.146. The molecule has 1 N–H and O–H groups in total. The first kappa shape index (κ1) is 20.9. The van der Waals surface area contributed by atoms with E-state index in [0.29, 0.717) is 18.8 Å². The van der Waals surface area contributed by atoms with Crippen LogP contribution in [-0.4, -0.2) is 47.0 Å². The van der Waals surface area contributed by atoms with Crippen LogP contribution in [-0.2, 0) is 0 Å². The number of fused-ring (bicyclic) bond motifs is 1. The zero-order valence-electron chi connectivity index (χ0n) is 18.6. The number of H-pyrrole nitrogens is 1. The zero-order chi connectivity index (χ0) is 22.8. The summed E-state index contributed by atoms with van der Waals surface area (Å²) in [5, 5.41) is 9.41. The van der Waals surface area contributed by atoms with Gasteiger partial charge in [-0.2, -0.15) is 5.10 Å². The van der Waals surface area contributed by atoms with E-state index in [0.717, 1.165) is 40.6 Å². The van der Waals surface area contributed by atoms with Crippen molar-refractivity contribution in [2.75, 3.05) is 25.0 Å². The van der Waals surface area contributed by atoms with E-state index in [1.165, 1.54) is 0 Å². The minimum absolute atomic E-state index is 0.0789. The van der Waals surface area contributed by atoms with Crippen molar-refractivity contribution >= 4 is 28.3 Å². The molecule has 0 unspecified atom stereocenters. The third kappa shape index (κ3) is 4.12. The molecule has 2 heterocycles. The fraction of sp³-hybridized carbons (Fsp3) is 0.222. The molecule has 1 fully saturated rings. The van der Waals surface area contributed by atoms with E-state index in [9.17, 15) is 9.59 Å². The molecule has 33 heavy (non-hydrogen) atoms. The number of rotatable bonds is 4. The van der Waals surface area contributed by atoms with Crippen LogP contribution in [0.5, 0.6) is 0 Å². The highest BCUT2D eigenvalue weighted by Crippen LogP contribution is 2.29. The number of aromatic nitrogens is 2. The summed E-state index contributed by atoms with van der Waals surface area (Å²) in [6, 6.07) is 25.3. The van der Waals surface area contributed by atoms with Gasteiger partial charge in [-0.3, -0.25) is 14.7 Å². The number of benzene rings is 3. The second kappa shape index (κ2) is 8.90. The van der Waals surface area contributed by atoms with Gasteiger partial charge in [-0.15, -0.1) is 0 Å². The third-order valence-corrected chi connectivity index (χ3v) is 6.51. The second-order valence-corrected chi connectivity index (χ2v) is 8.50. The van der Waals surface area contributed by atoms with E-state index in [-0.39, 0.29) is 17.7 Å². The maximum atomic E-state index is 13.2. The van der Waals surface area contributed by atoms with E-state index < -0.39 is 0 Å². The van der Waals surface area contributed by atoms with Crippen LogP contribution in [0, 0.1) is 0 Å². The van der Waals surface area contributed by atoms with Crippen LogP contribution in [0.25, 0.3) is 10.8 Å². The molecule has 1 saturated heterocycles. The average Bonchev–Trinajstić information content (AvgIpc) is 3.38. The van der Waals surface area contributed by atoms with Crippen molar-refractivity contribution < 1.29 is 9.59 Å². The summed E-state index contributed by atoms with van der Waals surface area (Å²) in [6.45, 7) is 1.36. The monoisotopic (exact) mass is 438 g/mol. The lowest BCUT2D eigenvalue weighted by Crippen LogP contribution is -2.38. The Balaban J connectivity index is 1.25. The maximum Gasteiger partial charge on any atom is 0.278 e. The van der Waals surface area contributed by atoms with Gasteiger partial charge in [-0.05, 0) is 47.9 Å². The van der Waals surface area contributed by atoms with Crippen LogP contribution < -0.4 is 4.90 Å². The highest BCUT2D eigenvalue weighted by molar-refractivity contribution is 6.07. The topological polar surface area (TPSA) is 69.3 Å². The summed E-state index contributed by atoms with van der Waals surface area (Å²) >= 11 is 0. The van der Waals surface area contributed by atoms with Crippen LogP contribution in [0.4, 0.5) is 5.69 Å². The molecule has 0 spiro atoms. The Kier molecular flexibility index (Phi) is 5.65. The lowest BCUT2D eigenvalue weighted by Gasteiger charge is -2.31. The molecule has 1 aromatic heterocycles. The Morgan fingerprint density at radius 1 is 0.939 bits per heavy atom. The number of piperidine rings is 1. The van der Waals surface area contributed by atoms with Gasteiger partial charge in [0.25, 0.3) is 11.8 Å². The number of aromatic amines is 1. The fourth-order valence-electron chi connectivity index (χ4n) is 4.57. The van der Waals surface area contributed by atoms with Gasteiger partial charge < -0.3 is 9.80 Å². The Hall–Kier alpha value is -3.93. The molecule has 1 aliphatic rings. The zero-order valence-corrected chi connectivity index (χ0v) is 18.6. The summed E-state index contributed by atoms with van der Waals surface area (Å²) in [5.74, 6) is 0.181. The summed E-state index contributed by atoms with van der Waals surface area (Å²) in [7, 11) is 1.75. The molecule has 6 nitrogen and oxygen atoms in total. The van der Waals surface area contributed by atoms with E-state index >= 15 is 0 Å². The van der Waals surface area contributed by atoms with Crippen molar-refractivity contribution in [2.24, 2.45) is 0 Å². The molecule has 4 aromatic rings. The Morgan fingerprint density at radius 2 is 1.64 bits per heavy atom. The normalized spacial score (nSPS) is 14.4. The molecule has 0 bridgehead atoms. The molecule has 1 aliphatic heterocycles. The number of nitrogens with one attached hydrogen (secondary N) is 1. The standard InChI is InChI=1S/C27H26N4O2/c1-30(21-10-3-2-4-11-21)27(33)25-18-24(28-29-25)20-14-16-31(17-15-20)26(32)23-13-7-9-19-8-5-6-12-22(19)23/h2-13,18,20H,14-17H2,1H3,(H,28,29). The SMILES string of the molecule is CN(C(=O)c1cc(C2CCN(C(=O)c3cccc4ccccc34)CC2)[nH]n1)c1ccccc1. The lowest BCUT2D eigenvalue weighted by atomic mass is 9.92. The summed E-state index contributed by atoms with van der Waals surface area (Å²) < 4.78 is 0. The van der Waals surface area contributed by atoms with Crippen molar-refractivity contribution in [1.29, 1.82) is 0 Å². The minimum Gasteiger partial charge on any atom is -0.339 e. The van der Waals surface area contributed by atoms with Crippen molar-refractivity contribution in [2.45, 2.75) is 18.8 Å². The number of nitrogens with zero attached hydrogens (tertiary/aromatic N) is 3. The summed E-state index contributed by atoms with van der Waals surface area (Å²) in [5.41, 5.74) is 2.94. The number of carbonyl (C=O) groups is 2. The smallest absolute Gasteiger partial charge is 0.278 e. The molecule has 0 aliphatic carbocycles. The van der Waals surface area contributed by atoms with Crippen LogP contribution in [0.2, 0.25) is 0 Å². The first-order chi connectivity index (χ1) is 16.1. The number of carbonyl (C=O) groups excluding carboxylic acids is 2. The second-order valence-electron chi connectivity index (χ2n) is 8.50. The van der Waals surface area contributed by atoms with Gasteiger partial charge in [-0.1, -0.05) is 54.6 Å². The molecule has 0 atom stereocenters. The highest BCUT2D eigenvalue weighted by Gasteiger charge is 2.27. The van der Waals surface area contributed by atoms with Gasteiger partial charge in [0.15, 0.2) is 5.69 Å². The third-order valence-electron chi connectivity index (χ3n) is 6.51. The molecule has 5 rings (SSSR count). The van der Waals surface area contributed by atoms with Crippen molar-refractivity contribution in [3.05, 3.63) is 95.8 Å². The lowest BCUT2D eigenvalue weighted by molar-refractivity contribution is 0.0714. The van der Waals surface area contributed by atoms with Crippen LogP contribution >= 0.6 is 0 Å². The Morgan fingerprint density at radius 3 is 2.42 bits per heavy atom. The van der Waals surface area contributed by atoms with E-state index in [2.05, 4.69) is 10.2 Å². The van der Waals surface area contributed by atoms with Crippen molar-refractivity contribution in [3.63, 3.8) is 0 Å². The van der Waals surface area contributed by atoms with Gasteiger partial charge in [0, 0.05) is 43.0 Å². The van der Waals surface area contributed by atoms with Gasteiger partial charge in [0.2, 0.25) is 0 Å². The molecule has 2 amide bonds. The first-order valence-corrected chi connectivity index (χ1v) is 11.3. The van der Waals surface area contributed by atoms with Crippen molar-refractivity contribution in [1.82, 2.24) is 15.1 Å². The number of para-hydroxylation sites is 1. The van der Waals surface area contributed by atoms with Gasteiger partial charge in [-0.25, -0.2) is 0 Å². The van der Waals surface area contributed by atoms with E-state index in [1.807, 2.05) is 83.8 Å². The highest BCUT2D eigenvalue weighted by atomic mass is 16.2. The molecule has 166 valence electrons. The number of amides is 2. The molecule has 3 aromatic carbocycles. The molecule has 6 heteroatoms. The quantitative estimate of drug-likeness (QED) is 0.495. The van der Waals surface area contributed by atoms with Gasteiger partial charge >= 0.3 is 0 Å². The van der Waals surface area contributed by atoms with Gasteiger partial charge in [0.05, 0.1) is 0 Å². The summed E-state index contributed by atoms with van der Waals surface area (Å²) in [4.78, 5) is 29.6.